The molecule has 0 fully saturated rings. The number of carboxylic acids is 1. The highest BCUT2D eigenvalue weighted by Crippen LogP contribution is 2.14. The molecule has 2 N–H and O–H groups in total. The number of non-ortho nitro benzene ring substituents is 1. The van der Waals surface area contributed by atoms with Gasteiger partial charge in [0.15, 0.2) is 0 Å². The van der Waals surface area contributed by atoms with E-state index in [2.05, 4.69) is 10.3 Å². The van der Waals surface area contributed by atoms with Crippen LogP contribution in [0.25, 0.3) is 0 Å². The van der Waals surface area contributed by atoms with E-state index in [-0.39, 0.29) is 22.8 Å². The van der Waals surface area contributed by atoms with Crippen molar-refractivity contribution in [3.8, 4) is 0 Å². The molecule has 8 nitrogen and oxygen atoms in total. The molecule has 0 aliphatic rings. The number of nitro groups is 1. The summed E-state index contributed by atoms with van der Waals surface area (Å²) in [6.07, 6.45) is 1.41. The molecule has 1 amide bonds. The number of rotatable bonds is 6. The standard InChI is InChI=1S/C15H12ClN3O5/c16-13-5-4-9(8-17-13)6-12(15(21)22)18-14(20)10-2-1-3-11(7-10)19(23)24/h1-5,7-8,12H,6H2,(H,18,20)(H,21,22)/t12-/m0/s1. The average molecular weight is 350 g/mol. The molecule has 0 saturated heterocycles. The van der Waals surface area contributed by atoms with Crippen molar-refractivity contribution >= 4 is 29.2 Å². The number of carbonyl (C=O) groups excluding carboxylic acids is 1. The predicted octanol–water partition coefficient (Wildman–Crippen LogP) is 2.07. The van der Waals surface area contributed by atoms with Crippen LogP contribution in [0.5, 0.6) is 0 Å². The van der Waals surface area contributed by atoms with Gasteiger partial charge in [-0.3, -0.25) is 14.9 Å². The molecule has 1 atom stereocenters. The van der Waals surface area contributed by atoms with Gasteiger partial charge in [0.1, 0.15) is 11.2 Å². The molecule has 1 aromatic heterocycles. The number of pyridine rings is 1. The molecule has 0 spiro atoms. The van der Waals surface area contributed by atoms with Crippen molar-refractivity contribution in [1.29, 1.82) is 0 Å². The van der Waals surface area contributed by atoms with E-state index in [0.29, 0.717) is 5.56 Å². The Bertz CT molecular complexity index is 779. The third-order valence-electron chi connectivity index (χ3n) is 3.15. The Morgan fingerprint density at radius 1 is 1.33 bits per heavy atom. The Hall–Kier alpha value is -3.00. The van der Waals surface area contributed by atoms with Crippen LogP contribution in [-0.2, 0) is 11.2 Å². The molecule has 0 radical (unpaired) electrons. The number of aromatic nitrogens is 1. The van der Waals surface area contributed by atoms with Crippen molar-refractivity contribution < 1.29 is 19.6 Å². The summed E-state index contributed by atoms with van der Waals surface area (Å²) >= 11 is 5.66. The predicted molar refractivity (Wildman–Crippen MR) is 84.9 cm³/mol. The molecule has 9 heteroatoms. The first-order chi connectivity index (χ1) is 11.4. The monoisotopic (exact) mass is 349 g/mol. The Morgan fingerprint density at radius 2 is 2.08 bits per heavy atom. The lowest BCUT2D eigenvalue weighted by molar-refractivity contribution is -0.384. The van der Waals surface area contributed by atoms with Gasteiger partial charge in [0.05, 0.1) is 4.92 Å². The Labute approximate surface area is 141 Å². The Kier molecular flexibility index (Phi) is 5.43. The van der Waals surface area contributed by atoms with Gasteiger partial charge in [-0.25, -0.2) is 9.78 Å². The van der Waals surface area contributed by atoms with Gasteiger partial charge in [-0.15, -0.1) is 0 Å². The molecule has 1 aromatic carbocycles. The number of nitro benzene ring substituents is 1. The van der Waals surface area contributed by atoms with Crippen LogP contribution in [0, 0.1) is 10.1 Å². The van der Waals surface area contributed by atoms with Gasteiger partial charge in [-0.1, -0.05) is 23.7 Å². The van der Waals surface area contributed by atoms with Crippen molar-refractivity contribution in [2.24, 2.45) is 0 Å². The first-order valence-corrected chi connectivity index (χ1v) is 7.13. The maximum absolute atomic E-state index is 12.1. The summed E-state index contributed by atoms with van der Waals surface area (Å²) in [5.74, 6) is -1.95. The van der Waals surface area contributed by atoms with Crippen LogP contribution in [0.3, 0.4) is 0 Å². The number of halogens is 1. The number of nitrogens with one attached hydrogen (secondary N) is 1. The number of amides is 1. The number of benzene rings is 1. The van der Waals surface area contributed by atoms with E-state index in [1.54, 1.807) is 6.07 Å². The van der Waals surface area contributed by atoms with Crippen LogP contribution < -0.4 is 5.32 Å². The highest BCUT2D eigenvalue weighted by molar-refractivity contribution is 6.29. The van der Waals surface area contributed by atoms with Crippen molar-refractivity contribution in [2.45, 2.75) is 12.5 Å². The van der Waals surface area contributed by atoms with Crippen LogP contribution in [0.2, 0.25) is 5.15 Å². The third kappa shape index (κ3) is 4.50. The van der Waals surface area contributed by atoms with Crippen molar-refractivity contribution in [3.63, 3.8) is 0 Å². The van der Waals surface area contributed by atoms with E-state index < -0.39 is 22.8 Å². The average Bonchev–Trinajstić information content (AvgIpc) is 2.56. The minimum absolute atomic E-state index is 0.000168. The van der Waals surface area contributed by atoms with Gasteiger partial charge in [0.2, 0.25) is 0 Å². The summed E-state index contributed by atoms with van der Waals surface area (Å²) < 4.78 is 0. The zero-order chi connectivity index (χ0) is 17.7. The van der Waals surface area contributed by atoms with Gasteiger partial charge in [-0.2, -0.15) is 0 Å². The van der Waals surface area contributed by atoms with E-state index in [1.807, 2.05) is 0 Å². The molecule has 0 unspecified atom stereocenters. The molecule has 0 saturated carbocycles. The first-order valence-electron chi connectivity index (χ1n) is 6.75. The molecule has 0 aliphatic carbocycles. The summed E-state index contributed by atoms with van der Waals surface area (Å²) in [4.78, 5) is 37.4. The lowest BCUT2D eigenvalue weighted by Crippen LogP contribution is -2.42. The SMILES string of the molecule is O=C(N[C@@H](Cc1ccc(Cl)nc1)C(=O)O)c1cccc([N+](=O)[O-])c1. The normalized spacial score (nSPS) is 11.5. The minimum atomic E-state index is -1.23. The second kappa shape index (κ2) is 7.51. The van der Waals surface area contributed by atoms with E-state index in [1.165, 1.54) is 30.5 Å². The number of aliphatic carboxylic acids is 1. The van der Waals surface area contributed by atoms with Gasteiger partial charge in [0, 0.05) is 30.3 Å². The maximum Gasteiger partial charge on any atom is 0.326 e. The summed E-state index contributed by atoms with van der Waals surface area (Å²) in [5.41, 5.74) is 0.326. The van der Waals surface area contributed by atoms with Crippen molar-refractivity contribution in [3.05, 3.63) is 69.0 Å². The van der Waals surface area contributed by atoms with Gasteiger partial charge >= 0.3 is 5.97 Å². The number of carbonyl (C=O) groups is 2. The van der Waals surface area contributed by atoms with Crippen LogP contribution in [-0.4, -0.2) is 32.9 Å². The van der Waals surface area contributed by atoms with Crippen LogP contribution >= 0.6 is 11.6 Å². The summed E-state index contributed by atoms with van der Waals surface area (Å²) in [7, 11) is 0. The van der Waals surface area contributed by atoms with E-state index in [0.717, 1.165) is 6.07 Å². The van der Waals surface area contributed by atoms with Gasteiger partial charge in [0.25, 0.3) is 11.6 Å². The zero-order valence-electron chi connectivity index (χ0n) is 12.2. The Morgan fingerprint density at radius 3 is 2.67 bits per heavy atom. The van der Waals surface area contributed by atoms with E-state index in [9.17, 15) is 24.8 Å². The minimum Gasteiger partial charge on any atom is -0.480 e. The summed E-state index contributed by atoms with van der Waals surface area (Å²) in [5, 5.41) is 22.6. The van der Waals surface area contributed by atoms with Crippen LogP contribution in [0.1, 0.15) is 15.9 Å². The van der Waals surface area contributed by atoms with Crippen molar-refractivity contribution in [2.75, 3.05) is 0 Å². The van der Waals surface area contributed by atoms with Gasteiger partial charge in [-0.05, 0) is 17.7 Å². The molecular weight excluding hydrogens is 338 g/mol. The molecule has 24 heavy (non-hydrogen) atoms. The molecular formula is C15H12ClN3O5. The van der Waals surface area contributed by atoms with Crippen LogP contribution in [0.4, 0.5) is 5.69 Å². The highest BCUT2D eigenvalue weighted by Gasteiger charge is 2.22. The molecule has 0 aliphatic heterocycles. The fraction of sp³-hybridized carbons (Fsp3) is 0.133. The van der Waals surface area contributed by atoms with E-state index in [4.69, 9.17) is 11.6 Å². The fourth-order valence-electron chi connectivity index (χ4n) is 1.97. The first kappa shape index (κ1) is 17.4. The second-order valence-corrected chi connectivity index (χ2v) is 5.25. The van der Waals surface area contributed by atoms with Gasteiger partial charge < -0.3 is 10.4 Å². The molecule has 124 valence electrons. The Balaban J connectivity index is 2.13. The van der Waals surface area contributed by atoms with Crippen LogP contribution in [0.15, 0.2) is 42.6 Å². The highest BCUT2D eigenvalue weighted by atomic mass is 35.5. The smallest absolute Gasteiger partial charge is 0.326 e. The maximum atomic E-state index is 12.1. The summed E-state index contributed by atoms with van der Waals surface area (Å²) in [6.45, 7) is 0. The van der Waals surface area contributed by atoms with E-state index >= 15 is 0 Å². The summed E-state index contributed by atoms with van der Waals surface area (Å²) in [6, 6.07) is 6.95. The quantitative estimate of drug-likeness (QED) is 0.467. The lowest BCUT2D eigenvalue weighted by atomic mass is 10.1. The van der Waals surface area contributed by atoms with Crippen molar-refractivity contribution in [1.82, 2.24) is 10.3 Å². The topological polar surface area (TPSA) is 122 Å². The molecule has 1 heterocycles. The fourth-order valence-corrected chi connectivity index (χ4v) is 2.08. The number of hydrogen-bond acceptors (Lipinski definition) is 5. The molecule has 2 aromatic rings. The number of hydrogen-bond donors (Lipinski definition) is 2. The number of carboxylic acid groups (broad SMARTS) is 1. The lowest BCUT2D eigenvalue weighted by Gasteiger charge is -2.14. The zero-order valence-corrected chi connectivity index (χ0v) is 12.9. The molecule has 2 rings (SSSR count). The third-order valence-corrected chi connectivity index (χ3v) is 3.37. The largest absolute Gasteiger partial charge is 0.480 e. The second-order valence-electron chi connectivity index (χ2n) is 4.87. The number of nitrogens with zero attached hydrogens (tertiary/aromatic N) is 2. The molecule has 0 bridgehead atoms.